The van der Waals surface area contributed by atoms with Crippen LogP contribution in [-0.4, -0.2) is 75.1 Å². The van der Waals surface area contributed by atoms with Gasteiger partial charge in [-0.2, -0.15) is 0 Å². The molecule has 3 amide bonds. The first-order valence-electron chi connectivity index (χ1n) is 11.9. The Morgan fingerprint density at radius 2 is 0.974 bits per heavy atom. The first kappa shape index (κ1) is 30.4. The summed E-state index contributed by atoms with van der Waals surface area (Å²) in [5.74, 6) is -7.00. The van der Waals surface area contributed by atoms with Crippen molar-refractivity contribution in [3.8, 4) is 0 Å². The van der Waals surface area contributed by atoms with E-state index in [2.05, 4.69) is 16.0 Å². The predicted octanol–water partition coefficient (Wildman–Crippen LogP) is -0.712. The molecule has 0 radical (unpaired) electrons. The smallest absolute Gasteiger partial charge is 0.326 e. The second-order valence-corrected chi connectivity index (χ2v) is 8.70. The maximum Gasteiger partial charge on any atom is 0.326 e. The molecular weight excluding hydrogens is 512 g/mol. The minimum absolute atomic E-state index is 0.0331. The number of benzene rings is 2. The molecule has 0 aliphatic heterocycles. The number of aliphatic carboxylic acids is 3. The molecule has 0 heterocycles. The third-order valence-corrected chi connectivity index (χ3v) is 5.56. The molecule has 0 fully saturated rings. The Morgan fingerprint density at radius 3 is 1.36 bits per heavy atom. The van der Waals surface area contributed by atoms with Crippen LogP contribution in [0.2, 0.25) is 0 Å². The summed E-state index contributed by atoms with van der Waals surface area (Å²) in [6, 6.07) is 11.2. The number of carbonyl (C=O) groups excluding carboxylic acids is 3. The molecule has 0 aliphatic rings. The van der Waals surface area contributed by atoms with E-state index >= 15 is 0 Å². The molecule has 0 aromatic heterocycles. The van der Waals surface area contributed by atoms with Crippen molar-refractivity contribution in [1.29, 1.82) is 0 Å². The molecule has 2 rings (SSSR count). The number of carbonyl (C=O) groups is 6. The van der Waals surface area contributed by atoms with Crippen LogP contribution in [0.25, 0.3) is 0 Å². The van der Waals surface area contributed by atoms with Gasteiger partial charge in [-0.25, -0.2) is 4.79 Å². The van der Waals surface area contributed by atoms with Gasteiger partial charge in [0.1, 0.15) is 18.1 Å². The van der Waals surface area contributed by atoms with E-state index in [4.69, 9.17) is 15.9 Å². The quantitative estimate of drug-likeness (QED) is 0.150. The summed E-state index contributed by atoms with van der Waals surface area (Å²) in [7, 11) is 0. The lowest BCUT2D eigenvalue weighted by Gasteiger charge is -2.25. The Bertz CT molecular complexity index is 1170. The molecule has 8 N–H and O–H groups in total. The van der Waals surface area contributed by atoms with Gasteiger partial charge in [0.2, 0.25) is 17.7 Å². The molecular formula is C26H30N4O9. The van der Waals surface area contributed by atoms with E-state index in [0.717, 1.165) is 0 Å². The first-order chi connectivity index (χ1) is 18.5. The normalized spacial score (nSPS) is 13.7. The Kier molecular flexibility index (Phi) is 11.6. The van der Waals surface area contributed by atoms with Crippen LogP contribution in [0, 0.1) is 0 Å². The second kappa shape index (κ2) is 14.8. The molecule has 2 aromatic carbocycles. The van der Waals surface area contributed by atoms with E-state index in [1.807, 2.05) is 0 Å². The lowest BCUT2D eigenvalue weighted by molar-refractivity contribution is -0.147. The zero-order valence-electron chi connectivity index (χ0n) is 20.8. The van der Waals surface area contributed by atoms with E-state index in [0.29, 0.717) is 11.1 Å². The Morgan fingerprint density at radius 1 is 0.590 bits per heavy atom. The summed E-state index contributed by atoms with van der Waals surface area (Å²) in [4.78, 5) is 72.4. The molecule has 39 heavy (non-hydrogen) atoms. The van der Waals surface area contributed by atoms with E-state index in [1.165, 1.54) is 0 Å². The minimum atomic E-state index is -1.75. The van der Waals surface area contributed by atoms with E-state index < -0.39 is 72.6 Å². The summed E-state index contributed by atoms with van der Waals surface area (Å²) in [5, 5.41) is 34.3. The highest BCUT2D eigenvalue weighted by atomic mass is 16.4. The average Bonchev–Trinajstić information content (AvgIpc) is 2.87. The lowest BCUT2D eigenvalue weighted by atomic mass is 10.0. The van der Waals surface area contributed by atoms with Crippen molar-refractivity contribution < 1.29 is 44.1 Å². The topological polar surface area (TPSA) is 225 Å². The van der Waals surface area contributed by atoms with Gasteiger partial charge < -0.3 is 37.0 Å². The minimum Gasteiger partial charge on any atom is -0.481 e. The van der Waals surface area contributed by atoms with Crippen LogP contribution in [-0.2, 0) is 41.6 Å². The highest BCUT2D eigenvalue weighted by Gasteiger charge is 2.31. The van der Waals surface area contributed by atoms with Crippen molar-refractivity contribution >= 4 is 35.6 Å². The molecule has 4 unspecified atom stereocenters. The third-order valence-electron chi connectivity index (χ3n) is 5.56. The van der Waals surface area contributed by atoms with Gasteiger partial charge in [0.05, 0.1) is 18.9 Å². The van der Waals surface area contributed by atoms with E-state index in [1.54, 1.807) is 60.7 Å². The van der Waals surface area contributed by atoms with E-state index in [9.17, 15) is 33.9 Å². The number of hydrogen-bond donors (Lipinski definition) is 7. The lowest BCUT2D eigenvalue weighted by Crippen LogP contribution is -2.58. The summed E-state index contributed by atoms with van der Waals surface area (Å²) >= 11 is 0. The SMILES string of the molecule is NC(CC(=O)O)C(=O)NC(Cc1ccccc1)C(=O)NC(Cc1ccccc1)C(=O)NC(CC(=O)O)C(=O)O. The van der Waals surface area contributed by atoms with Crippen molar-refractivity contribution in [2.45, 2.75) is 49.9 Å². The molecule has 0 saturated heterocycles. The third kappa shape index (κ3) is 10.6. The Labute approximate surface area is 223 Å². The maximum atomic E-state index is 13.4. The molecule has 0 aliphatic carbocycles. The van der Waals surface area contributed by atoms with Crippen LogP contribution in [0.15, 0.2) is 60.7 Å². The number of carboxylic acid groups (broad SMARTS) is 3. The Hall–Kier alpha value is -4.78. The van der Waals surface area contributed by atoms with Crippen molar-refractivity contribution in [3.05, 3.63) is 71.8 Å². The van der Waals surface area contributed by atoms with Crippen molar-refractivity contribution in [1.82, 2.24) is 16.0 Å². The van der Waals surface area contributed by atoms with Gasteiger partial charge in [0, 0.05) is 12.8 Å². The zero-order chi connectivity index (χ0) is 28.9. The number of hydrogen-bond acceptors (Lipinski definition) is 7. The molecule has 0 saturated carbocycles. The molecule has 4 atom stereocenters. The number of nitrogens with two attached hydrogens (primary N) is 1. The molecule has 208 valence electrons. The Balaban J connectivity index is 2.31. The van der Waals surface area contributed by atoms with Crippen molar-refractivity contribution in [2.75, 3.05) is 0 Å². The van der Waals surface area contributed by atoms with Crippen LogP contribution >= 0.6 is 0 Å². The summed E-state index contributed by atoms with van der Waals surface area (Å²) < 4.78 is 0. The summed E-state index contributed by atoms with van der Waals surface area (Å²) in [5.41, 5.74) is 6.89. The molecule has 13 heteroatoms. The molecule has 0 spiro atoms. The molecule has 13 nitrogen and oxygen atoms in total. The van der Waals surface area contributed by atoms with Crippen LogP contribution in [0.1, 0.15) is 24.0 Å². The highest BCUT2D eigenvalue weighted by Crippen LogP contribution is 2.08. The second-order valence-electron chi connectivity index (χ2n) is 8.70. The van der Waals surface area contributed by atoms with Gasteiger partial charge in [-0.1, -0.05) is 60.7 Å². The zero-order valence-corrected chi connectivity index (χ0v) is 20.8. The first-order valence-corrected chi connectivity index (χ1v) is 11.9. The summed E-state index contributed by atoms with van der Waals surface area (Å²) in [6.07, 6.45) is -1.68. The van der Waals surface area contributed by atoms with Gasteiger partial charge in [0.15, 0.2) is 0 Å². The summed E-state index contributed by atoms with van der Waals surface area (Å²) in [6.45, 7) is 0. The van der Waals surface area contributed by atoms with Crippen LogP contribution < -0.4 is 21.7 Å². The standard InChI is InChI=1S/C26H30N4O9/c27-17(13-21(31)32)23(35)28-18(11-15-7-3-1-4-8-15)24(36)29-19(12-16-9-5-2-6-10-16)25(37)30-20(26(38)39)14-22(33)34/h1-10,17-20H,11-14,27H2,(H,28,35)(H,29,36)(H,30,37)(H,31,32)(H,33,34)(H,38,39). The number of rotatable bonds is 15. The maximum absolute atomic E-state index is 13.4. The van der Waals surface area contributed by atoms with Crippen LogP contribution in [0.3, 0.4) is 0 Å². The number of carboxylic acids is 3. The van der Waals surface area contributed by atoms with Crippen molar-refractivity contribution in [2.24, 2.45) is 5.73 Å². The predicted molar refractivity (Wildman–Crippen MR) is 136 cm³/mol. The fourth-order valence-corrected chi connectivity index (χ4v) is 3.60. The molecule has 0 bridgehead atoms. The monoisotopic (exact) mass is 542 g/mol. The fourth-order valence-electron chi connectivity index (χ4n) is 3.60. The van der Waals surface area contributed by atoms with Crippen LogP contribution in [0.5, 0.6) is 0 Å². The van der Waals surface area contributed by atoms with Gasteiger partial charge in [0.25, 0.3) is 0 Å². The van der Waals surface area contributed by atoms with E-state index in [-0.39, 0.29) is 12.8 Å². The molecule has 2 aromatic rings. The number of nitrogens with one attached hydrogen (secondary N) is 3. The van der Waals surface area contributed by atoms with Gasteiger partial charge in [-0.05, 0) is 11.1 Å². The largest absolute Gasteiger partial charge is 0.481 e. The van der Waals surface area contributed by atoms with Gasteiger partial charge >= 0.3 is 17.9 Å². The van der Waals surface area contributed by atoms with Crippen molar-refractivity contribution in [3.63, 3.8) is 0 Å². The van der Waals surface area contributed by atoms with Gasteiger partial charge in [-0.15, -0.1) is 0 Å². The highest BCUT2D eigenvalue weighted by molar-refractivity contribution is 5.95. The fraction of sp³-hybridized carbons (Fsp3) is 0.308. The van der Waals surface area contributed by atoms with Gasteiger partial charge in [-0.3, -0.25) is 24.0 Å². The van der Waals surface area contributed by atoms with Crippen LogP contribution in [0.4, 0.5) is 0 Å². The average molecular weight is 543 g/mol. The number of amides is 3.